The lowest BCUT2D eigenvalue weighted by atomic mass is 9.98. The van der Waals surface area contributed by atoms with Crippen molar-refractivity contribution < 1.29 is 37.4 Å². The van der Waals surface area contributed by atoms with E-state index in [2.05, 4.69) is 10.1 Å². The van der Waals surface area contributed by atoms with Gasteiger partial charge in [0.15, 0.2) is 11.9 Å². The first-order valence-electron chi connectivity index (χ1n) is 11.1. The molecule has 0 amide bonds. The number of halogens is 1. The van der Waals surface area contributed by atoms with Gasteiger partial charge in [-0.1, -0.05) is 32.0 Å². The van der Waals surface area contributed by atoms with Crippen LogP contribution in [-0.2, 0) is 23.4 Å². The standard InChI is InChI=1S/C22H30FN4O8P/c1-13(2)17(19(29)32-4)26-36(31,35-14-8-6-5-7-9-14)33-12-15-18(28)22(3,23)20(34-15)27-11-10-16(24)25-21(27)30/h5-11,13,15,17-18,20,28H,12H2,1-4H3,(H,26,31)(H2,24,25,30)/t15?,17-,18+,20+,22+,36?/m0/s1. The van der Waals surface area contributed by atoms with Crippen LogP contribution >= 0.6 is 7.75 Å². The molecular weight excluding hydrogens is 498 g/mol. The van der Waals surface area contributed by atoms with Gasteiger partial charge in [-0.2, -0.15) is 10.1 Å². The van der Waals surface area contributed by atoms with Gasteiger partial charge in [-0.25, -0.2) is 13.8 Å². The minimum absolute atomic E-state index is 0.0642. The molecule has 1 aliphatic rings. The molecule has 1 fully saturated rings. The molecule has 0 saturated carbocycles. The summed E-state index contributed by atoms with van der Waals surface area (Å²) in [5.41, 5.74) is 2.16. The number of aliphatic hydroxyl groups is 1. The molecule has 198 valence electrons. The highest BCUT2D eigenvalue weighted by Gasteiger charge is 2.56. The third-order valence-corrected chi connectivity index (χ3v) is 7.15. The molecule has 3 rings (SSSR count). The zero-order valence-corrected chi connectivity index (χ0v) is 21.1. The SMILES string of the molecule is COC(=O)[C@@H](NP(=O)(OCC1O[C@@H](n2ccc(N)nc2=O)[C@](C)(F)[C@@H]1O)Oc1ccccc1)C(C)C. The highest BCUT2D eigenvalue weighted by molar-refractivity contribution is 7.52. The second-order valence-electron chi connectivity index (χ2n) is 8.74. The molecule has 4 N–H and O–H groups in total. The van der Waals surface area contributed by atoms with Crippen molar-refractivity contribution in [2.45, 2.75) is 50.9 Å². The molecule has 1 aromatic carbocycles. The Hall–Kier alpha value is -2.83. The number of para-hydroxylation sites is 1. The lowest BCUT2D eigenvalue weighted by molar-refractivity contribution is -0.143. The van der Waals surface area contributed by atoms with E-state index in [4.69, 9.17) is 24.3 Å². The normalized spacial score (nSPS) is 26.4. The van der Waals surface area contributed by atoms with Crippen molar-refractivity contribution in [3.05, 3.63) is 53.1 Å². The van der Waals surface area contributed by atoms with Crippen molar-refractivity contribution in [1.82, 2.24) is 14.6 Å². The van der Waals surface area contributed by atoms with Crippen LogP contribution in [0.3, 0.4) is 0 Å². The minimum atomic E-state index is -4.31. The molecule has 2 heterocycles. The van der Waals surface area contributed by atoms with Crippen LogP contribution in [0.25, 0.3) is 0 Å². The summed E-state index contributed by atoms with van der Waals surface area (Å²) in [7, 11) is -3.13. The number of carbonyl (C=O) groups is 1. The summed E-state index contributed by atoms with van der Waals surface area (Å²) in [4.78, 5) is 28.0. The van der Waals surface area contributed by atoms with Crippen molar-refractivity contribution >= 4 is 19.5 Å². The Morgan fingerprint density at radius 1 is 1.36 bits per heavy atom. The molecule has 0 radical (unpaired) electrons. The summed E-state index contributed by atoms with van der Waals surface area (Å²) < 4.78 is 51.5. The Morgan fingerprint density at radius 2 is 2.03 bits per heavy atom. The number of hydrogen-bond donors (Lipinski definition) is 3. The first-order valence-corrected chi connectivity index (χ1v) is 12.6. The number of carbonyl (C=O) groups excluding carboxylic acids is 1. The van der Waals surface area contributed by atoms with Gasteiger partial charge >= 0.3 is 19.4 Å². The Labute approximate surface area is 207 Å². The van der Waals surface area contributed by atoms with E-state index in [1.54, 1.807) is 32.0 Å². The molecule has 1 aromatic heterocycles. The van der Waals surface area contributed by atoms with Crippen LogP contribution in [0.1, 0.15) is 27.0 Å². The van der Waals surface area contributed by atoms with Gasteiger partial charge in [0.2, 0.25) is 0 Å². The van der Waals surface area contributed by atoms with Crippen molar-refractivity contribution in [2.75, 3.05) is 19.5 Å². The van der Waals surface area contributed by atoms with Crippen LogP contribution in [0.4, 0.5) is 10.2 Å². The topological polar surface area (TPSA) is 164 Å². The highest BCUT2D eigenvalue weighted by Crippen LogP contribution is 2.48. The van der Waals surface area contributed by atoms with E-state index in [0.29, 0.717) is 0 Å². The quantitative estimate of drug-likeness (QED) is 0.304. The van der Waals surface area contributed by atoms with E-state index in [-0.39, 0.29) is 17.5 Å². The molecule has 0 spiro atoms. The molecule has 14 heteroatoms. The number of ether oxygens (including phenoxy) is 2. The fourth-order valence-corrected chi connectivity index (χ4v) is 5.27. The molecule has 1 aliphatic heterocycles. The van der Waals surface area contributed by atoms with Gasteiger partial charge in [0.25, 0.3) is 0 Å². The predicted molar refractivity (Wildman–Crippen MR) is 127 cm³/mol. The van der Waals surface area contributed by atoms with Crippen LogP contribution < -0.4 is 21.0 Å². The average Bonchev–Trinajstić information content (AvgIpc) is 3.05. The van der Waals surface area contributed by atoms with Crippen molar-refractivity contribution in [3.63, 3.8) is 0 Å². The Bertz CT molecular complexity index is 1160. The molecule has 2 unspecified atom stereocenters. The highest BCUT2D eigenvalue weighted by atomic mass is 31.2. The number of anilines is 1. The van der Waals surface area contributed by atoms with Gasteiger partial charge in [-0.05, 0) is 31.0 Å². The van der Waals surface area contributed by atoms with Crippen LogP contribution in [0, 0.1) is 5.92 Å². The van der Waals surface area contributed by atoms with E-state index in [1.807, 2.05) is 0 Å². The summed E-state index contributed by atoms with van der Waals surface area (Å²) in [5, 5.41) is 13.2. The number of hydrogen-bond acceptors (Lipinski definition) is 10. The number of nitrogens with two attached hydrogens (primary N) is 1. The van der Waals surface area contributed by atoms with E-state index >= 15 is 4.39 Å². The van der Waals surface area contributed by atoms with Crippen LogP contribution in [-0.4, -0.2) is 58.3 Å². The summed E-state index contributed by atoms with van der Waals surface area (Å²) in [6, 6.07) is 8.25. The van der Waals surface area contributed by atoms with Crippen molar-refractivity contribution in [3.8, 4) is 5.75 Å². The monoisotopic (exact) mass is 528 g/mol. The first-order chi connectivity index (χ1) is 16.9. The zero-order chi connectivity index (χ0) is 26.7. The smallest absolute Gasteiger partial charge is 0.459 e. The maximum atomic E-state index is 15.5. The average molecular weight is 528 g/mol. The van der Waals surface area contributed by atoms with E-state index in [0.717, 1.165) is 11.5 Å². The molecule has 0 aliphatic carbocycles. The molecule has 0 bridgehead atoms. The Kier molecular flexibility index (Phi) is 8.52. The first kappa shape index (κ1) is 27.8. The van der Waals surface area contributed by atoms with Crippen LogP contribution in [0.15, 0.2) is 47.4 Å². The van der Waals surface area contributed by atoms with Gasteiger partial charge in [-0.15, -0.1) is 0 Å². The largest absolute Gasteiger partial charge is 0.468 e. The molecule has 36 heavy (non-hydrogen) atoms. The van der Waals surface area contributed by atoms with Crippen LogP contribution in [0.5, 0.6) is 5.75 Å². The second kappa shape index (κ2) is 11.1. The van der Waals surface area contributed by atoms with Gasteiger partial charge in [0.05, 0.1) is 13.7 Å². The molecule has 2 aromatic rings. The third kappa shape index (κ3) is 6.11. The predicted octanol–water partition coefficient (Wildman–Crippen LogP) is 1.80. The molecule has 1 saturated heterocycles. The number of nitrogens with zero attached hydrogens (tertiary/aromatic N) is 2. The van der Waals surface area contributed by atoms with Crippen molar-refractivity contribution in [1.29, 1.82) is 0 Å². The maximum absolute atomic E-state index is 15.5. The van der Waals surface area contributed by atoms with Gasteiger partial charge in [0, 0.05) is 6.20 Å². The summed E-state index contributed by atoms with van der Waals surface area (Å²) in [6.45, 7) is 3.83. The fourth-order valence-electron chi connectivity index (χ4n) is 3.61. The number of nitrogen functional groups attached to an aromatic ring is 1. The second-order valence-corrected chi connectivity index (χ2v) is 10.4. The molecule has 12 nitrogen and oxygen atoms in total. The van der Waals surface area contributed by atoms with Crippen LogP contribution in [0.2, 0.25) is 0 Å². The minimum Gasteiger partial charge on any atom is -0.468 e. The number of rotatable bonds is 10. The van der Waals surface area contributed by atoms with Gasteiger partial charge in [-0.3, -0.25) is 13.9 Å². The number of aliphatic hydroxyl groups excluding tert-OH is 1. The summed E-state index contributed by atoms with van der Waals surface area (Å²) in [6.07, 6.45) is -3.52. The van der Waals surface area contributed by atoms with Gasteiger partial charge < -0.3 is 24.8 Å². The Morgan fingerprint density at radius 3 is 2.61 bits per heavy atom. The maximum Gasteiger partial charge on any atom is 0.459 e. The van der Waals surface area contributed by atoms with E-state index in [9.17, 15) is 19.3 Å². The fraction of sp³-hybridized carbons (Fsp3) is 0.500. The number of alkyl halides is 1. The summed E-state index contributed by atoms with van der Waals surface area (Å²) >= 11 is 0. The molecular formula is C22H30FN4O8P. The lowest BCUT2D eigenvalue weighted by Gasteiger charge is -2.27. The van der Waals surface area contributed by atoms with E-state index in [1.165, 1.54) is 31.5 Å². The number of nitrogens with one attached hydrogen (secondary N) is 1. The van der Waals surface area contributed by atoms with Crippen molar-refractivity contribution in [2.24, 2.45) is 5.92 Å². The number of aromatic nitrogens is 2. The number of esters is 1. The lowest BCUT2D eigenvalue weighted by Crippen LogP contribution is -2.43. The van der Waals surface area contributed by atoms with E-state index < -0.39 is 56.2 Å². The Balaban J connectivity index is 1.84. The zero-order valence-electron chi connectivity index (χ0n) is 20.2. The third-order valence-electron chi connectivity index (χ3n) is 5.62. The number of benzene rings is 1. The number of methoxy groups -OCH3 is 1. The summed E-state index contributed by atoms with van der Waals surface area (Å²) in [5.74, 6) is -0.966. The van der Waals surface area contributed by atoms with Gasteiger partial charge in [0.1, 0.15) is 29.8 Å². The molecule has 6 atom stereocenters.